The summed E-state index contributed by atoms with van der Waals surface area (Å²) in [5.41, 5.74) is 0. The lowest BCUT2D eigenvalue weighted by Crippen LogP contribution is -2.03. The van der Waals surface area contributed by atoms with Crippen LogP contribution in [-0.4, -0.2) is 10.9 Å². The molecular formula is C10H7NO6. The molecule has 0 amide bonds. The summed E-state index contributed by atoms with van der Waals surface area (Å²) >= 11 is 0. The molecule has 0 saturated heterocycles. The summed E-state index contributed by atoms with van der Waals surface area (Å²) in [6, 6.07) is 5.56. The van der Waals surface area contributed by atoms with Gasteiger partial charge in [-0.1, -0.05) is 0 Å². The quantitative estimate of drug-likeness (QED) is 0.459. The van der Waals surface area contributed by atoms with Crippen LogP contribution in [0.3, 0.4) is 0 Å². The molecule has 88 valence electrons. The first kappa shape index (κ1) is 10.9. The van der Waals surface area contributed by atoms with E-state index in [1.807, 2.05) is 0 Å². The number of ether oxygens (including phenoxy) is 1. The number of hydrogen-bond acceptors (Lipinski definition) is 6. The van der Waals surface area contributed by atoms with E-state index in [9.17, 15) is 14.9 Å². The lowest BCUT2D eigenvalue weighted by atomic mass is 10.4. The van der Waals surface area contributed by atoms with E-state index in [2.05, 4.69) is 4.42 Å². The second-order valence-electron chi connectivity index (χ2n) is 3.05. The van der Waals surface area contributed by atoms with Crippen LogP contribution in [0.15, 0.2) is 39.4 Å². The second kappa shape index (κ2) is 4.52. The lowest BCUT2D eigenvalue weighted by molar-refractivity contribution is -0.402. The summed E-state index contributed by atoms with van der Waals surface area (Å²) < 4.78 is 14.4. The van der Waals surface area contributed by atoms with E-state index in [0.29, 0.717) is 5.76 Å². The molecule has 0 aromatic carbocycles. The Morgan fingerprint density at radius 3 is 2.82 bits per heavy atom. The minimum absolute atomic E-state index is 0.0552. The van der Waals surface area contributed by atoms with E-state index >= 15 is 0 Å². The van der Waals surface area contributed by atoms with E-state index < -0.39 is 16.8 Å². The Morgan fingerprint density at radius 1 is 1.41 bits per heavy atom. The highest BCUT2D eigenvalue weighted by atomic mass is 16.7. The summed E-state index contributed by atoms with van der Waals surface area (Å²) in [5, 5.41) is 10.3. The zero-order chi connectivity index (χ0) is 12.3. The van der Waals surface area contributed by atoms with Crippen LogP contribution in [0.25, 0.3) is 0 Å². The highest BCUT2D eigenvalue weighted by Crippen LogP contribution is 2.16. The smallest absolute Gasteiger partial charge is 0.433 e. The summed E-state index contributed by atoms with van der Waals surface area (Å²) in [5.74, 6) is -1.04. The van der Waals surface area contributed by atoms with Crippen LogP contribution in [0.1, 0.15) is 16.3 Å². The fourth-order valence-corrected chi connectivity index (χ4v) is 1.14. The monoisotopic (exact) mass is 237 g/mol. The molecule has 0 saturated carbocycles. The Hall–Kier alpha value is -2.57. The Labute approximate surface area is 94.7 Å². The molecule has 0 radical (unpaired) electrons. The number of nitrogens with zero attached hydrogens (tertiary/aromatic N) is 1. The number of carbonyl (C=O) groups is 1. The van der Waals surface area contributed by atoms with Crippen LogP contribution in [0, 0.1) is 10.1 Å². The van der Waals surface area contributed by atoms with Gasteiger partial charge in [0.1, 0.15) is 17.3 Å². The van der Waals surface area contributed by atoms with Gasteiger partial charge in [-0.2, -0.15) is 0 Å². The van der Waals surface area contributed by atoms with E-state index in [0.717, 1.165) is 6.07 Å². The molecule has 2 aromatic heterocycles. The van der Waals surface area contributed by atoms with Crippen molar-refractivity contribution < 1.29 is 23.3 Å². The van der Waals surface area contributed by atoms with Gasteiger partial charge in [-0.15, -0.1) is 0 Å². The SMILES string of the molecule is O=C(OCc1ccco1)c1ccc([N+](=O)[O-])o1. The van der Waals surface area contributed by atoms with Gasteiger partial charge in [0.15, 0.2) is 0 Å². The van der Waals surface area contributed by atoms with E-state index in [1.165, 1.54) is 12.3 Å². The zero-order valence-corrected chi connectivity index (χ0v) is 8.49. The van der Waals surface area contributed by atoms with Crippen molar-refractivity contribution in [1.29, 1.82) is 0 Å². The number of furan rings is 2. The van der Waals surface area contributed by atoms with Gasteiger partial charge in [0.2, 0.25) is 5.76 Å². The summed E-state index contributed by atoms with van der Waals surface area (Å²) in [6.45, 7) is -0.0552. The first-order chi connectivity index (χ1) is 8.16. The molecule has 0 spiro atoms. The van der Waals surface area contributed by atoms with Gasteiger partial charge < -0.3 is 13.6 Å². The van der Waals surface area contributed by atoms with Crippen molar-refractivity contribution in [3.63, 3.8) is 0 Å². The zero-order valence-electron chi connectivity index (χ0n) is 8.49. The van der Waals surface area contributed by atoms with Crippen LogP contribution in [0.4, 0.5) is 5.88 Å². The molecule has 2 heterocycles. The van der Waals surface area contributed by atoms with Gasteiger partial charge >= 0.3 is 11.9 Å². The maximum absolute atomic E-state index is 11.4. The van der Waals surface area contributed by atoms with Crippen LogP contribution in [-0.2, 0) is 11.3 Å². The number of esters is 1. The van der Waals surface area contributed by atoms with Crippen molar-refractivity contribution in [2.45, 2.75) is 6.61 Å². The Balaban J connectivity index is 1.97. The molecule has 17 heavy (non-hydrogen) atoms. The highest BCUT2D eigenvalue weighted by molar-refractivity contribution is 5.86. The summed E-state index contributed by atoms with van der Waals surface area (Å²) in [4.78, 5) is 21.0. The maximum Gasteiger partial charge on any atom is 0.433 e. The fourth-order valence-electron chi connectivity index (χ4n) is 1.14. The molecule has 0 bridgehead atoms. The Bertz CT molecular complexity index is 527. The second-order valence-corrected chi connectivity index (χ2v) is 3.05. The predicted molar refractivity (Wildman–Crippen MR) is 53.2 cm³/mol. The lowest BCUT2D eigenvalue weighted by Gasteiger charge is -1.98. The van der Waals surface area contributed by atoms with Crippen molar-refractivity contribution in [3.05, 3.63) is 52.2 Å². The molecule has 7 heteroatoms. The first-order valence-electron chi connectivity index (χ1n) is 4.60. The van der Waals surface area contributed by atoms with Gasteiger partial charge in [0, 0.05) is 0 Å². The largest absolute Gasteiger partial charge is 0.466 e. The topological polar surface area (TPSA) is 95.7 Å². The van der Waals surface area contributed by atoms with Crippen LogP contribution >= 0.6 is 0 Å². The van der Waals surface area contributed by atoms with Crippen LogP contribution < -0.4 is 0 Å². The van der Waals surface area contributed by atoms with Crippen molar-refractivity contribution in [2.24, 2.45) is 0 Å². The third-order valence-electron chi connectivity index (χ3n) is 1.90. The number of rotatable bonds is 4. The molecule has 2 aromatic rings. The molecule has 0 atom stereocenters. The minimum Gasteiger partial charge on any atom is -0.466 e. The number of nitro groups is 1. The van der Waals surface area contributed by atoms with Crippen LogP contribution in [0.5, 0.6) is 0 Å². The first-order valence-corrected chi connectivity index (χ1v) is 4.60. The molecule has 0 fully saturated rings. The van der Waals surface area contributed by atoms with Crippen molar-refractivity contribution in [2.75, 3.05) is 0 Å². The molecule has 2 rings (SSSR count). The third-order valence-corrected chi connectivity index (χ3v) is 1.90. The Morgan fingerprint density at radius 2 is 2.24 bits per heavy atom. The minimum atomic E-state index is -0.783. The molecule has 0 N–H and O–H groups in total. The number of carbonyl (C=O) groups excluding carboxylic acids is 1. The van der Waals surface area contributed by atoms with Gasteiger partial charge in [-0.25, -0.2) is 4.79 Å². The van der Waals surface area contributed by atoms with Crippen molar-refractivity contribution >= 4 is 11.9 Å². The molecule has 7 nitrogen and oxygen atoms in total. The van der Waals surface area contributed by atoms with E-state index in [1.54, 1.807) is 12.1 Å². The molecule has 0 aliphatic carbocycles. The normalized spacial score (nSPS) is 10.1. The van der Waals surface area contributed by atoms with E-state index in [-0.39, 0.29) is 12.4 Å². The molecule has 0 aliphatic rings. The standard InChI is InChI=1S/C10H7NO6/c12-10(16-6-7-2-1-5-15-7)8-3-4-9(17-8)11(13)14/h1-5H,6H2. The maximum atomic E-state index is 11.4. The molecular weight excluding hydrogens is 230 g/mol. The molecule has 0 aliphatic heterocycles. The predicted octanol–water partition coefficient (Wildman–Crippen LogP) is 2.14. The average Bonchev–Trinajstić information content (AvgIpc) is 2.96. The van der Waals surface area contributed by atoms with Crippen LogP contribution in [0.2, 0.25) is 0 Å². The third kappa shape index (κ3) is 2.51. The average molecular weight is 237 g/mol. The van der Waals surface area contributed by atoms with Gasteiger partial charge in [-0.3, -0.25) is 10.1 Å². The highest BCUT2D eigenvalue weighted by Gasteiger charge is 2.18. The number of hydrogen-bond donors (Lipinski definition) is 0. The van der Waals surface area contributed by atoms with Crippen molar-refractivity contribution in [1.82, 2.24) is 0 Å². The van der Waals surface area contributed by atoms with Gasteiger partial charge in [0.05, 0.1) is 12.3 Å². The summed E-state index contributed by atoms with van der Waals surface area (Å²) in [7, 11) is 0. The van der Waals surface area contributed by atoms with Gasteiger partial charge in [-0.05, 0) is 18.2 Å². The fraction of sp³-hybridized carbons (Fsp3) is 0.100. The van der Waals surface area contributed by atoms with E-state index in [4.69, 9.17) is 9.15 Å². The van der Waals surface area contributed by atoms with Crippen molar-refractivity contribution in [3.8, 4) is 0 Å². The van der Waals surface area contributed by atoms with Gasteiger partial charge in [0.25, 0.3) is 0 Å². The summed E-state index contributed by atoms with van der Waals surface area (Å²) in [6.07, 6.45) is 1.45. The Kier molecular flexibility index (Phi) is 2.91. The molecule has 0 unspecified atom stereocenters.